The quantitative estimate of drug-likeness (QED) is 0.554. The molecule has 7 heteroatoms. The summed E-state index contributed by atoms with van der Waals surface area (Å²) in [4.78, 5) is 27.7. The van der Waals surface area contributed by atoms with E-state index in [1.165, 1.54) is 11.3 Å². The number of amides is 1. The van der Waals surface area contributed by atoms with E-state index in [-0.39, 0.29) is 5.97 Å². The lowest BCUT2D eigenvalue weighted by Gasteiger charge is -2.22. The van der Waals surface area contributed by atoms with E-state index >= 15 is 0 Å². The number of hydrogen-bond donors (Lipinski definition) is 1. The van der Waals surface area contributed by atoms with E-state index in [1.807, 2.05) is 7.05 Å². The van der Waals surface area contributed by atoms with Gasteiger partial charge < -0.3 is 14.4 Å². The Morgan fingerprint density at radius 1 is 1.20 bits per heavy atom. The van der Waals surface area contributed by atoms with Gasteiger partial charge in [-0.3, -0.25) is 5.32 Å². The third-order valence-electron chi connectivity index (χ3n) is 4.17. The van der Waals surface area contributed by atoms with Crippen LogP contribution >= 0.6 is 11.3 Å². The van der Waals surface area contributed by atoms with Gasteiger partial charge in [0, 0.05) is 18.0 Å². The fraction of sp³-hybridized carbons (Fsp3) is 0.667. The first kappa shape index (κ1) is 19.7. The van der Waals surface area contributed by atoms with E-state index in [0.29, 0.717) is 23.8 Å². The van der Waals surface area contributed by atoms with Gasteiger partial charge in [-0.15, -0.1) is 11.3 Å². The number of fused-ring (bicyclic) bond motifs is 1. The molecule has 0 aliphatic carbocycles. The molecule has 0 bridgehead atoms. The van der Waals surface area contributed by atoms with Crippen molar-refractivity contribution < 1.29 is 19.1 Å². The maximum Gasteiger partial charge on any atom is 0.412 e. The number of unbranched alkanes of at least 4 members (excludes halogenated alkanes) is 3. The van der Waals surface area contributed by atoms with Gasteiger partial charge in [-0.25, -0.2) is 9.59 Å². The average molecular weight is 368 g/mol. The normalized spacial score (nSPS) is 14.0. The molecule has 2 heterocycles. The van der Waals surface area contributed by atoms with E-state index in [4.69, 9.17) is 9.47 Å². The molecule has 0 unspecified atom stereocenters. The number of esters is 1. The van der Waals surface area contributed by atoms with Crippen LogP contribution in [0.2, 0.25) is 0 Å². The molecule has 0 fully saturated rings. The maximum absolute atomic E-state index is 12.4. The Morgan fingerprint density at radius 3 is 2.72 bits per heavy atom. The molecule has 0 saturated carbocycles. The molecule has 0 atom stereocenters. The summed E-state index contributed by atoms with van der Waals surface area (Å²) in [5.41, 5.74) is 1.50. The first-order valence-electron chi connectivity index (χ1n) is 9.00. The molecule has 0 radical (unpaired) electrons. The Hall–Kier alpha value is -1.60. The van der Waals surface area contributed by atoms with Crippen LogP contribution < -0.4 is 5.32 Å². The van der Waals surface area contributed by atoms with Crippen LogP contribution in [0, 0.1) is 0 Å². The van der Waals surface area contributed by atoms with Crippen LogP contribution in [0.5, 0.6) is 0 Å². The highest BCUT2D eigenvalue weighted by Crippen LogP contribution is 2.37. The summed E-state index contributed by atoms with van der Waals surface area (Å²) >= 11 is 1.44. The summed E-state index contributed by atoms with van der Waals surface area (Å²) in [6.45, 7) is 6.29. The minimum atomic E-state index is -0.506. The highest BCUT2D eigenvalue weighted by molar-refractivity contribution is 7.17. The van der Waals surface area contributed by atoms with E-state index in [9.17, 15) is 9.59 Å². The molecule has 1 aromatic heterocycles. The minimum Gasteiger partial charge on any atom is -0.462 e. The lowest BCUT2D eigenvalue weighted by molar-refractivity contribution is 0.0526. The molecule has 25 heavy (non-hydrogen) atoms. The zero-order valence-corrected chi connectivity index (χ0v) is 16.2. The number of ether oxygens (including phenoxy) is 2. The van der Waals surface area contributed by atoms with Gasteiger partial charge in [0.15, 0.2) is 0 Å². The standard InChI is InChI=1S/C18H28N2O4S/c1-4-6-7-8-11-24-18(22)19-16-15(17(21)23-5-2)13-9-10-20(3)12-14(13)25-16/h4-12H2,1-3H3,(H,19,22). The zero-order valence-electron chi connectivity index (χ0n) is 15.4. The van der Waals surface area contributed by atoms with Crippen LogP contribution in [-0.2, 0) is 22.4 Å². The number of carbonyl (C=O) groups excluding carboxylic acids is 2. The fourth-order valence-corrected chi connectivity index (χ4v) is 4.16. The molecule has 6 nitrogen and oxygen atoms in total. The van der Waals surface area contributed by atoms with Crippen LogP contribution in [0.25, 0.3) is 0 Å². The third kappa shape index (κ3) is 5.44. The van der Waals surface area contributed by atoms with Gasteiger partial charge >= 0.3 is 12.1 Å². The number of nitrogens with zero attached hydrogens (tertiary/aromatic N) is 1. The molecule has 140 valence electrons. The summed E-state index contributed by atoms with van der Waals surface area (Å²) in [5.74, 6) is -0.372. The number of anilines is 1. The molecule has 1 aromatic rings. The second-order valence-corrected chi connectivity index (χ2v) is 7.34. The number of thiophene rings is 1. The molecular weight excluding hydrogens is 340 g/mol. The first-order chi connectivity index (χ1) is 12.1. The minimum absolute atomic E-state index is 0.310. The third-order valence-corrected chi connectivity index (χ3v) is 5.31. The number of carbonyl (C=O) groups is 2. The number of nitrogens with one attached hydrogen (secondary N) is 1. The van der Waals surface area contributed by atoms with Crippen LogP contribution in [0.1, 0.15) is 60.3 Å². The van der Waals surface area contributed by atoms with Gasteiger partial charge in [-0.1, -0.05) is 26.2 Å². The van der Waals surface area contributed by atoms with Crippen LogP contribution in [0.4, 0.5) is 9.80 Å². The number of rotatable bonds is 8. The number of likely N-dealkylation sites (N-methyl/N-ethyl adjacent to an activating group) is 1. The number of hydrogen-bond acceptors (Lipinski definition) is 6. The van der Waals surface area contributed by atoms with Gasteiger partial charge in [-0.05, 0) is 32.4 Å². The molecule has 2 rings (SSSR count). The van der Waals surface area contributed by atoms with Gasteiger partial charge in [0.25, 0.3) is 0 Å². The molecule has 1 aliphatic heterocycles. The highest BCUT2D eigenvalue weighted by atomic mass is 32.1. The van der Waals surface area contributed by atoms with Gasteiger partial charge in [-0.2, -0.15) is 0 Å². The zero-order chi connectivity index (χ0) is 18.2. The second-order valence-electron chi connectivity index (χ2n) is 6.24. The Kier molecular flexibility index (Phi) is 7.71. The molecule has 1 N–H and O–H groups in total. The van der Waals surface area contributed by atoms with Gasteiger partial charge in [0.1, 0.15) is 5.00 Å². The van der Waals surface area contributed by atoms with E-state index < -0.39 is 6.09 Å². The summed E-state index contributed by atoms with van der Waals surface area (Å²) in [5, 5.41) is 3.29. The lowest BCUT2D eigenvalue weighted by Crippen LogP contribution is -2.26. The largest absolute Gasteiger partial charge is 0.462 e. The topological polar surface area (TPSA) is 67.9 Å². The molecule has 1 aliphatic rings. The van der Waals surface area contributed by atoms with Crippen LogP contribution in [-0.4, -0.2) is 43.8 Å². The van der Waals surface area contributed by atoms with Crippen molar-refractivity contribution >= 4 is 28.4 Å². The van der Waals surface area contributed by atoms with Crippen molar-refractivity contribution in [2.75, 3.05) is 32.1 Å². The van der Waals surface area contributed by atoms with Gasteiger partial charge in [0.2, 0.25) is 0 Å². The maximum atomic E-state index is 12.4. The highest BCUT2D eigenvalue weighted by Gasteiger charge is 2.28. The van der Waals surface area contributed by atoms with Crippen LogP contribution in [0.3, 0.4) is 0 Å². The molecule has 1 amide bonds. The second kappa shape index (κ2) is 9.77. The molecule has 0 spiro atoms. The van der Waals surface area contributed by atoms with Crippen molar-refractivity contribution in [3.63, 3.8) is 0 Å². The smallest absolute Gasteiger partial charge is 0.412 e. The van der Waals surface area contributed by atoms with Crippen molar-refractivity contribution in [1.82, 2.24) is 4.90 Å². The van der Waals surface area contributed by atoms with Gasteiger partial charge in [0.05, 0.1) is 18.8 Å². The van der Waals surface area contributed by atoms with Crippen LogP contribution in [0.15, 0.2) is 0 Å². The Balaban J connectivity index is 2.05. The van der Waals surface area contributed by atoms with E-state index in [0.717, 1.165) is 55.6 Å². The van der Waals surface area contributed by atoms with Crippen molar-refractivity contribution in [3.05, 3.63) is 16.0 Å². The Bertz CT molecular complexity index is 600. The molecular formula is C18H28N2O4S. The molecule has 0 saturated heterocycles. The predicted molar refractivity (Wildman–Crippen MR) is 99.4 cm³/mol. The summed E-state index contributed by atoms with van der Waals surface area (Å²) in [6.07, 6.45) is 4.47. The van der Waals surface area contributed by atoms with Crippen molar-refractivity contribution in [1.29, 1.82) is 0 Å². The lowest BCUT2D eigenvalue weighted by atomic mass is 10.0. The van der Waals surface area contributed by atoms with E-state index in [2.05, 4.69) is 17.1 Å². The van der Waals surface area contributed by atoms with E-state index in [1.54, 1.807) is 6.92 Å². The van der Waals surface area contributed by atoms with Crippen molar-refractivity contribution in [3.8, 4) is 0 Å². The SMILES string of the molecule is CCCCCCOC(=O)Nc1sc2c(c1C(=O)OCC)CCN(C)C2. The summed E-state index contributed by atoms with van der Waals surface area (Å²) in [6, 6.07) is 0. The monoisotopic (exact) mass is 368 g/mol. The van der Waals surface area contributed by atoms with Crippen molar-refractivity contribution in [2.24, 2.45) is 0 Å². The fourth-order valence-electron chi connectivity index (χ4n) is 2.86. The molecule has 0 aromatic carbocycles. The Morgan fingerprint density at radius 2 is 2.00 bits per heavy atom. The average Bonchev–Trinajstić information content (AvgIpc) is 2.91. The summed E-state index contributed by atoms with van der Waals surface area (Å²) in [7, 11) is 2.05. The van der Waals surface area contributed by atoms with Crippen molar-refractivity contribution in [2.45, 2.75) is 52.5 Å². The Labute approximate surface area is 153 Å². The summed E-state index contributed by atoms with van der Waals surface area (Å²) < 4.78 is 10.4. The predicted octanol–water partition coefficient (Wildman–Crippen LogP) is 4.04. The first-order valence-corrected chi connectivity index (χ1v) is 9.82.